The summed E-state index contributed by atoms with van der Waals surface area (Å²) in [6.07, 6.45) is 1.41. The van der Waals surface area contributed by atoms with Gasteiger partial charge in [-0.2, -0.15) is 0 Å². The van der Waals surface area contributed by atoms with Gasteiger partial charge in [-0.25, -0.2) is 4.79 Å². The standard InChI is InChI=1S/C9H8O3.C8H8O/c10-8(9(11)12)6-7-4-2-1-3-5-7;9-7-6-8-4-2-1-3-5-8/h1-5H,6H2,(H,11,12);1-5,7H,6H2. The number of hydrogen-bond acceptors (Lipinski definition) is 3. The predicted molar refractivity (Wildman–Crippen MR) is 79.0 cm³/mol. The van der Waals surface area contributed by atoms with Gasteiger partial charge in [-0.3, -0.25) is 4.79 Å². The molecule has 0 atom stereocenters. The second kappa shape index (κ2) is 9.20. The maximum atomic E-state index is 10.7. The first kappa shape index (κ1) is 16.3. The van der Waals surface area contributed by atoms with Crippen molar-refractivity contribution in [2.45, 2.75) is 12.8 Å². The van der Waals surface area contributed by atoms with E-state index in [0.29, 0.717) is 6.42 Å². The minimum absolute atomic E-state index is 0.0316. The minimum Gasteiger partial charge on any atom is -0.475 e. The van der Waals surface area contributed by atoms with Crippen LogP contribution in [-0.2, 0) is 27.2 Å². The SMILES string of the molecule is O=C(O)C(=O)Cc1ccccc1.O=CCc1ccccc1. The topological polar surface area (TPSA) is 71.4 Å². The smallest absolute Gasteiger partial charge is 0.372 e. The number of rotatable bonds is 5. The molecular formula is C17H16O4. The lowest BCUT2D eigenvalue weighted by Crippen LogP contribution is -2.14. The third-order valence-corrected chi connectivity index (χ3v) is 2.61. The summed E-state index contributed by atoms with van der Waals surface area (Å²) < 4.78 is 0. The van der Waals surface area contributed by atoms with Crippen LogP contribution < -0.4 is 0 Å². The van der Waals surface area contributed by atoms with Gasteiger partial charge >= 0.3 is 5.97 Å². The first-order valence-electron chi connectivity index (χ1n) is 6.41. The zero-order valence-corrected chi connectivity index (χ0v) is 11.4. The van der Waals surface area contributed by atoms with Crippen LogP contribution in [0.4, 0.5) is 0 Å². The van der Waals surface area contributed by atoms with E-state index in [1.807, 2.05) is 36.4 Å². The van der Waals surface area contributed by atoms with Gasteiger partial charge in [-0.05, 0) is 11.1 Å². The van der Waals surface area contributed by atoms with Gasteiger partial charge in [0.25, 0.3) is 0 Å². The lowest BCUT2D eigenvalue weighted by molar-refractivity contribution is -0.148. The van der Waals surface area contributed by atoms with Crippen LogP contribution in [-0.4, -0.2) is 23.1 Å². The fraction of sp³-hybridized carbons (Fsp3) is 0.118. The number of aldehydes is 1. The van der Waals surface area contributed by atoms with Crippen molar-refractivity contribution in [3.05, 3.63) is 71.8 Å². The summed E-state index contributed by atoms with van der Waals surface area (Å²) in [6, 6.07) is 18.5. The fourth-order valence-corrected chi connectivity index (χ4v) is 1.57. The molecule has 4 heteroatoms. The number of ketones is 1. The Balaban J connectivity index is 0.000000219. The number of carboxylic acids is 1. The first-order chi connectivity index (χ1) is 10.1. The molecule has 2 aromatic carbocycles. The second-order valence-electron chi connectivity index (χ2n) is 4.25. The summed E-state index contributed by atoms with van der Waals surface area (Å²) in [6.45, 7) is 0. The molecule has 21 heavy (non-hydrogen) atoms. The van der Waals surface area contributed by atoms with E-state index in [-0.39, 0.29) is 6.42 Å². The minimum atomic E-state index is -1.38. The Bertz CT molecular complexity index is 576. The second-order valence-corrected chi connectivity index (χ2v) is 4.25. The third-order valence-electron chi connectivity index (χ3n) is 2.61. The molecule has 0 unspecified atom stereocenters. The predicted octanol–water partition coefficient (Wildman–Crippen LogP) is 2.31. The molecule has 0 amide bonds. The third kappa shape index (κ3) is 6.82. The lowest BCUT2D eigenvalue weighted by atomic mass is 10.1. The van der Waals surface area contributed by atoms with Crippen molar-refractivity contribution in [3.8, 4) is 0 Å². The van der Waals surface area contributed by atoms with Crippen LogP contribution in [0.1, 0.15) is 11.1 Å². The summed E-state index contributed by atoms with van der Waals surface area (Å²) in [7, 11) is 0. The largest absolute Gasteiger partial charge is 0.475 e. The molecule has 1 N–H and O–H groups in total. The molecular weight excluding hydrogens is 268 g/mol. The number of benzene rings is 2. The van der Waals surface area contributed by atoms with Gasteiger partial charge in [0.1, 0.15) is 6.29 Å². The lowest BCUT2D eigenvalue weighted by Gasteiger charge is -1.94. The monoisotopic (exact) mass is 284 g/mol. The summed E-state index contributed by atoms with van der Waals surface area (Å²) in [4.78, 5) is 30.8. The van der Waals surface area contributed by atoms with Gasteiger partial charge < -0.3 is 9.90 Å². The quantitative estimate of drug-likeness (QED) is 0.675. The average molecular weight is 284 g/mol. The van der Waals surface area contributed by atoms with Crippen molar-refractivity contribution in [2.24, 2.45) is 0 Å². The maximum absolute atomic E-state index is 10.7. The van der Waals surface area contributed by atoms with Crippen LogP contribution in [0.15, 0.2) is 60.7 Å². The van der Waals surface area contributed by atoms with Crippen molar-refractivity contribution in [1.29, 1.82) is 0 Å². The van der Waals surface area contributed by atoms with E-state index in [1.165, 1.54) is 0 Å². The Morgan fingerprint density at radius 1 is 0.857 bits per heavy atom. The van der Waals surface area contributed by atoms with Crippen molar-refractivity contribution in [1.82, 2.24) is 0 Å². The van der Waals surface area contributed by atoms with Crippen LogP contribution >= 0.6 is 0 Å². The maximum Gasteiger partial charge on any atom is 0.372 e. The molecule has 0 aromatic heterocycles. The molecule has 108 valence electrons. The molecule has 2 aromatic rings. The van der Waals surface area contributed by atoms with Crippen molar-refractivity contribution in [3.63, 3.8) is 0 Å². The van der Waals surface area contributed by atoms with Gasteiger partial charge in [0.05, 0.1) is 0 Å². The normalized spacial score (nSPS) is 9.14. The number of carboxylic acid groups (broad SMARTS) is 1. The molecule has 0 aliphatic heterocycles. The van der Waals surface area contributed by atoms with E-state index in [2.05, 4.69) is 0 Å². The molecule has 0 aliphatic rings. The Kier molecular flexibility index (Phi) is 7.14. The number of hydrogen-bond donors (Lipinski definition) is 1. The Morgan fingerprint density at radius 3 is 1.76 bits per heavy atom. The van der Waals surface area contributed by atoms with Crippen molar-refractivity contribution < 1.29 is 19.5 Å². The van der Waals surface area contributed by atoms with Gasteiger partial charge in [-0.1, -0.05) is 60.7 Å². The number of carbonyl (C=O) groups excluding carboxylic acids is 2. The van der Waals surface area contributed by atoms with E-state index < -0.39 is 11.8 Å². The van der Waals surface area contributed by atoms with Crippen LogP contribution in [0.2, 0.25) is 0 Å². The fourth-order valence-electron chi connectivity index (χ4n) is 1.57. The van der Waals surface area contributed by atoms with Crippen LogP contribution in [0.5, 0.6) is 0 Å². The van der Waals surface area contributed by atoms with Crippen LogP contribution in [0.25, 0.3) is 0 Å². The first-order valence-corrected chi connectivity index (χ1v) is 6.41. The average Bonchev–Trinajstić information content (AvgIpc) is 2.50. The van der Waals surface area contributed by atoms with E-state index >= 15 is 0 Å². The molecule has 0 spiro atoms. The highest BCUT2D eigenvalue weighted by atomic mass is 16.4. The molecule has 0 bridgehead atoms. The van der Waals surface area contributed by atoms with Gasteiger partial charge in [0.2, 0.25) is 5.78 Å². The highest BCUT2D eigenvalue weighted by molar-refractivity contribution is 6.33. The zero-order chi connectivity index (χ0) is 15.5. The molecule has 2 rings (SSSR count). The Morgan fingerprint density at radius 2 is 1.33 bits per heavy atom. The van der Waals surface area contributed by atoms with Gasteiger partial charge in [0.15, 0.2) is 0 Å². The van der Waals surface area contributed by atoms with E-state index in [9.17, 15) is 14.4 Å². The molecule has 0 aliphatic carbocycles. The van der Waals surface area contributed by atoms with Crippen LogP contribution in [0, 0.1) is 0 Å². The van der Waals surface area contributed by atoms with Gasteiger partial charge in [-0.15, -0.1) is 0 Å². The number of Topliss-reactive ketones (excluding diaryl/α,β-unsaturated/α-hetero) is 1. The van der Waals surface area contributed by atoms with Crippen molar-refractivity contribution in [2.75, 3.05) is 0 Å². The van der Waals surface area contributed by atoms with E-state index in [1.54, 1.807) is 24.3 Å². The molecule has 0 heterocycles. The highest BCUT2D eigenvalue weighted by Crippen LogP contribution is 1.99. The molecule has 0 radical (unpaired) electrons. The number of aliphatic carboxylic acids is 1. The Labute approximate surface area is 123 Å². The van der Waals surface area contributed by atoms with Crippen molar-refractivity contribution >= 4 is 18.0 Å². The number of carbonyl (C=O) groups is 3. The van der Waals surface area contributed by atoms with E-state index in [0.717, 1.165) is 17.4 Å². The van der Waals surface area contributed by atoms with Crippen LogP contribution in [0.3, 0.4) is 0 Å². The summed E-state index contributed by atoms with van der Waals surface area (Å²) in [5.74, 6) is -2.15. The summed E-state index contributed by atoms with van der Waals surface area (Å²) in [5, 5.41) is 8.29. The van der Waals surface area contributed by atoms with E-state index in [4.69, 9.17) is 5.11 Å². The van der Waals surface area contributed by atoms with Gasteiger partial charge in [0, 0.05) is 12.8 Å². The highest BCUT2D eigenvalue weighted by Gasteiger charge is 2.10. The zero-order valence-electron chi connectivity index (χ0n) is 11.4. The molecule has 4 nitrogen and oxygen atoms in total. The molecule has 0 fully saturated rings. The molecule has 0 saturated heterocycles. The Hall–Kier alpha value is -2.75. The molecule has 0 saturated carbocycles. The summed E-state index contributed by atoms with van der Waals surface area (Å²) in [5.41, 5.74) is 1.80. The summed E-state index contributed by atoms with van der Waals surface area (Å²) >= 11 is 0.